The third-order valence-corrected chi connectivity index (χ3v) is 2.45. The first-order valence-electron chi connectivity index (χ1n) is 5.84. The van der Waals surface area contributed by atoms with Gasteiger partial charge in [0.2, 0.25) is 0 Å². The summed E-state index contributed by atoms with van der Waals surface area (Å²) in [4.78, 5) is 0. The molecular formula is C14H24O2. The second-order valence-corrected chi connectivity index (χ2v) is 4.21. The van der Waals surface area contributed by atoms with Crippen molar-refractivity contribution < 1.29 is 10.2 Å². The lowest BCUT2D eigenvalue weighted by Crippen LogP contribution is -1.82. The van der Waals surface area contributed by atoms with Crippen molar-refractivity contribution in [3.05, 3.63) is 35.1 Å². The molecule has 0 aliphatic carbocycles. The summed E-state index contributed by atoms with van der Waals surface area (Å²) in [6, 6.07) is 0. The van der Waals surface area contributed by atoms with E-state index in [1.807, 2.05) is 19.1 Å². The van der Waals surface area contributed by atoms with E-state index in [9.17, 15) is 0 Å². The first kappa shape index (κ1) is 15.0. The van der Waals surface area contributed by atoms with Crippen molar-refractivity contribution in [2.45, 2.75) is 46.5 Å². The Kier molecular flexibility index (Phi) is 8.64. The molecule has 0 bridgehead atoms. The Morgan fingerprint density at radius 1 is 0.875 bits per heavy atom. The lowest BCUT2D eigenvalue weighted by molar-refractivity contribution is 0.341. The van der Waals surface area contributed by atoms with Gasteiger partial charge in [-0.05, 0) is 52.5 Å². The summed E-state index contributed by atoms with van der Waals surface area (Å²) in [5, 5.41) is 17.7. The zero-order valence-electron chi connectivity index (χ0n) is 10.7. The van der Waals surface area contributed by atoms with Crippen LogP contribution >= 0.6 is 0 Å². The molecular weight excluding hydrogens is 200 g/mol. The molecule has 0 rings (SSSR count). The molecule has 0 aliphatic heterocycles. The van der Waals surface area contributed by atoms with Gasteiger partial charge in [0.1, 0.15) is 0 Å². The third-order valence-electron chi connectivity index (χ3n) is 2.45. The van der Waals surface area contributed by atoms with E-state index < -0.39 is 0 Å². The van der Waals surface area contributed by atoms with Gasteiger partial charge in [-0.15, -0.1) is 0 Å². The maximum atomic E-state index is 8.98. The van der Waals surface area contributed by atoms with Gasteiger partial charge in [0.15, 0.2) is 0 Å². The van der Waals surface area contributed by atoms with Gasteiger partial charge >= 0.3 is 0 Å². The standard InChI is InChI=1S/C14H24O2/c1-12(8-5-9-14(3)16)6-4-7-13(2)10-11-15/h6,9-10,15-16H,4-5,7-8,11H2,1-3H3/b12-6+,13-10-,14-9-. The van der Waals surface area contributed by atoms with Crippen LogP contribution in [0.5, 0.6) is 0 Å². The van der Waals surface area contributed by atoms with Crippen LogP contribution in [0, 0.1) is 0 Å². The smallest absolute Gasteiger partial charge is 0.0852 e. The Morgan fingerprint density at radius 3 is 1.88 bits per heavy atom. The largest absolute Gasteiger partial charge is 0.513 e. The molecule has 0 spiro atoms. The minimum atomic E-state index is 0.134. The fourth-order valence-electron chi connectivity index (χ4n) is 1.41. The van der Waals surface area contributed by atoms with Crippen LogP contribution in [0.2, 0.25) is 0 Å². The topological polar surface area (TPSA) is 40.5 Å². The summed E-state index contributed by atoms with van der Waals surface area (Å²) >= 11 is 0. The molecule has 0 heterocycles. The Hall–Kier alpha value is -1.02. The second-order valence-electron chi connectivity index (χ2n) is 4.21. The minimum absolute atomic E-state index is 0.134. The molecule has 16 heavy (non-hydrogen) atoms. The zero-order valence-corrected chi connectivity index (χ0v) is 10.7. The maximum absolute atomic E-state index is 8.98. The molecule has 2 nitrogen and oxygen atoms in total. The Morgan fingerprint density at radius 2 is 1.38 bits per heavy atom. The van der Waals surface area contributed by atoms with E-state index in [1.165, 1.54) is 11.1 Å². The number of aliphatic hydroxyl groups excluding tert-OH is 2. The molecule has 0 radical (unpaired) electrons. The molecule has 0 aliphatic rings. The quantitative estimate of drug-likeness (QED) is 0.508. The van der Waals surface area contributed by atoms with Crippen molar-refractivity contribution in [1.82, 2.24) is 0 Å². The molecule has 0 unspecified atom stereocenters. The molecule has 0 atom stereocenters. The number of rotatable bonds is 7. The van der Waals surface area contributed by atoms with Crippen LogP contribution in [-0.4, -0.2) is 16.8 Å². The minimum Gasteiger partial charge on any atom is -0.513 e. The van der Waals surface area contributed by atoms with Gasteiger partial charge in [0.25, 0.3) is 0 Å². The van der Waals surface area contributed by atoms with Crippen molar-refractivity contribution in [3.63, 3.8) is 0 Å². The summed E-state index contributed by atoms with van der Waals surface area (Å²) in [7, 11) is 0. The van der Waals surface area contributed by atoms with E-state index >= 15 is 0 Å². The normalized spacial score (nSPS) is 14.4. The Balaban J connectivity index is 3.79. The Bertz CT molecular complexity index is 268. The first-order valence-corrected chi connectivity index (χ1v) is 5.84. The summed E-state index contributed by atoms with van der Waals surface area (Å²) in [5.74, 6) is 0.398. The van der Waals surface area contributed by atoms with Crippen molar-refractivity contribution in [2.24, 2.45) is 0 Å². The third kappa shape index (κ3) is 9.53. The predicted molar refractivity (Wildman–Crippen MR) is 69.5 cm³/mol. The number of hydrogen-bond acceptors (Lipinski definition) is 2. The number of allylic oxidation sites excluding steroid dienone is 5. The van der Waals surface area contributed by atoms with Crippen molar-refractivity contribution >= 4 is 0 Å². The van der Waals surface area contributed by atoms with Crippen LogP contribution < -0.4 is 0 Å². The second kappa shape index (κ2) is 9.22. The lowest BCUT2D eigenvalue weighted by Gasteiger charge is -2.00. The van der Waals surface area contributed by atoms with Crippen molar-refractivity contribution in [2.75, 3.05) is 6.61 Å². The highest BCUT2D eigenvalue weighted by molar-refractivity contribution is 5.04. The average Bonchev–Trinajstić information content (AvgIpc) is 2.17. The van der Waals surface area contributed by atoms with Crippen LogP contribution in [-0.2, 0) is 0 Å². The van der Waals surface area contributed by atoms with Crippen molar-refractivity contribution in [1.29, 1.82) is 0 Å². The summed E-state index contributed by atoms with van der Waals surface area (Å²) in [6.45, 7) is 5.99. The highest BCUT2D eigenvalue weighted by atomic mass is 16.3. The Labute approximate surface area is 99.0 Å². The average molecular weight is 224 g/mol. The highest BCUT2D eigenvalue weighted by Gasteiger charge is 1.91. The van der Waals surface area contributed by atoms with Crippen LogP contribution in [0.15, 0.2) is 35.1 Å². The molecule has 2 heteroatoms. The fourth-order valence-corrected chi connectivity index (χ4v) is 1.41. The maximum Gasteiger partial charge on any atom is 0.0852 e. The van der Waals surface area contributed by atoms with Gasteiger partial charge in [-0.25, -0.2) is 0 Å². The zero-order chi connectivity index (χ0) is 12.4. The molecule has 92 valence electrons. The number of hydrogen-bond donors (Lipinski definition) is 2. The molecule has 0 saturated heterocycles. The number of aliphatic hydroxyl groups is 2. The SMILES string of the molecule is C/C(O)=C/CC/C(C)=C/CC/C(C)=C\CO. The molecule has 0 fully saturated rings. The predicted octanol–water partition coefficient (Wildman–Crippen LogP) is 3.89. The molecule has 0 aromatic heterocycles. The first-order chi connectivity index (χ1) is 7.56. The van der Waals surface area contributed by atoms with E-state index in [1.54, 1.807) is 6.92 Å². The molecule has 0 saturated carbocycles. The fraction of sp³-hybridized carbons (Fsp3) is 0.571. The summed E-state index contributed by atoms with van der Waals surface area (Å²) in [6.07, 6.45) is 9.85. The van der Waals surface area contributed by atoms with Gasteiger partial charge in [-0.2, -0.15) is 0 Å². The van der Waals surface area contributed by atoms with Crippen LogP contribution in [0.3, 0.4) is 0 Å². The highest BCUT2D eigenvalue weighted by Crippen LogP contribution is 2.10. The molecule has 2 N–H and O–H groups in total. The van der Waals surface area contributed by atoms with Gasteiger partial charge in [-0.1, -0.05) is 23.3 Å². The van der Waals surface area contributed by atoms with E-state index in [2.05, 4.69) is 13.0 Å². The van der Waals surface area contributed by atoms with Gasteiger partial charge in [0.05, 0.1) is 12.4 Å². The monoisotopic (exact) mass is 224 g/mol. The molecule has 0 aromatic rings. The lowest BCUT2D eigenvalue weighted by atomic mass is 10.1. The van der Waals surface area contributed by atoms with E-state index in [0.29, 0.717) is 5.76 Å². The van der Waals surface area contributed by atoms with E-state index in [0.717, 1.165) is 25.7 Å². The van der Waals surface area contributed by atoms with Gasteiger partial charge in [0, 0.05) is 0 Å². The van der Waals surface area contributed by atoms with Crippen molar-refractivity contribution in [3.8, 4) is 0 Å². The molecule has 0 aromatic carbocycles. The van der Waals surface area contributed by atoms with E-state index in [-0.39, 0.29) is 6.61 Å². The molecule has 0 amide bonds. The van der Waals surface area contributed by atoms with Crippen LogP contribution in [0.25, 0.3) is 0 Å². The summed E-state index contributed by atoms with van der Waals surface area (Å²) < 4.78 is 0. The van der Waals surface area contributed by atoms with Crippen LogP contribution in [0.4, 0.5) is 0 Å². The van der Waals surface area contributed by atoms with E-state index in [4.69, 9.17) is 10.2 Å². The summed E-state index contributed by atoms with van der Waals surface area (Å²) in [5.41, 5.74) is 2.59. The van der Waals surface area contributed by atoms with Crippen LogP contribution in [0.1, 0.15) is 46.5 Å². The van der Waals surface area contributed by atoms with Gasteiger partial charge < -0.3 is 10.2 Å². The van der Waals surface area contributed by atoms with Gasteiger partial charge in [-0.3, -0.25) is 0 Å².